The number of halogens is 1. The first kappa shape index (κ1) is 13.9. The Morgan fingerprint density at radius 2 is 2.10 bits per heavy atom. The minimum atomic E-state index is 0.418. The molecule has 0 N–H and O–H groups in total. The van der Waals surface area contributed by atoms with E-state index in [-0.39, 0.29) is 0 Å². The third-order valence-corrected chi connectivity index (χ3v) is 3.40. The van der Waals surface area contributed by atoms with Gasteiger partial charge in [0.1, 0.15) is 6.61 Å². The molecule has 2 heterocycles. The molecule has 106 valence electrons. The molecule has 4 nitrogen and oxygen atoms in total. The maximum Gasteiger partial charge on any atom is 0.154 e. The molecule has 0 saturated carbocycles. The van der Waals surface area contributed by atoms with Crippen LogP contribution in [0.5, 0.6) is 0 Å². The lowest BCUT2D eigenvalue weighted by atomic mass is 10.1. The van der Waals surface area contributed by atoms with Crippen LogP contribution in [-0.4, -0.2) is 21.6 Å². The Bertz CT molecular complexity index is 776. The van der Waals surface area contributed by atoms with Crippen LogP contribution in [0.25, 0.3) is 22.2 Å². The van der Waals surface area contributed by atoms with Crippen molar-refractivity contribution in [2.75, 3.05) is 6.61 Å². The Kier molecular flexibility index (Phi) is 4.08. The molecule has 0 aliphatic heterocycles. The molecule has 0 unspecified atom stereocenters. The average molecular weight is 300 g/mol. The fourth-order valence-electron chi connectivity index (χ4n) is 2.07. The van der Waals surface area contributed by atoms with E-state index < -0.39 is 0 Å². The molecule has 0 fully saturated rings. The Morgan fingerprint density at radius 3 is 2.90 bits per heavy atom. The summed E-state index contributed by atoms with van der Waals surface area (Å²) in [4.78, 5) is 13.1. The molecule has 0 radical (unpaired) electrons. The monoisotopic (exact) mass is 299 g/mol. The number of hydrogen-bond acceptors (Lipinski definition) is 4. The van der Waals surface area contributed by atoms with Crippen LogP contribution in [-0.2, 0) is 11.3 Å². The third-order valence-electron chi connectivity index (χ3n) is 3.10. The molecular weight excluding hydrogens is 286 g/mol. The first-order valence-electron chi connectivity index (χ1n) is 6.72. The molecule has 0 aliphatic rings. The predicted octanol–water partition coefficient (Wildman–Crippen LogP) is 3.88. The second-order valence-corrected chi connectivity index (χ2v) is 4.94. The van der Waals surface area contributed by atoms with E-state index in [0.717, 1.165) is 22.2 Å². The maximum absolute atomic E-state index is 6.19. The fourth-order valence-corrected chi connectivity index (χ4v) is 2.30. The molecule has 0 amide bonds. The van der Waals surface area contributed by atoms with Gasteiger partial charge in [-0.15, -0.1) is 0 Å². The quantitative estimate of drug-likeness (QED) is 0.733. The van der Waals surface area contributed by atoms with E-state index in [1.807, 2.05) is 37.3 Å². The second-order valence-electron chi connectivity index (χ2n) is 4.53. The van der Waals surface area contributed by atoms with Crippen LogP contribution < -0.4 is 0 Å². The lowest BCUT2D eigenvalue weighted by Gasteiger charge is -2.06. The fraction of sp³-hybridized carbons (Fsp3) is 0.188. The standard InChI is InChI=1S/C16H14ClN3O/c1-2-21-10-15-19-9-12-6-5-11(8-14(12)20-15)16-13(17)4-3-7-18-16/h3-9H,2,10H2,1H3. The number of nitrogens with zero attached hydrogens (tertiary/aromatic N) is 3. The van der Waals surface area contributed by atoms with Crippen molar-refractivity contribution in [2.24, 2.45) is 0 Å². The molecule has 1 aromatic carbocycles. The zero-order chi connectivity index (χ0) is 14.7. The SMILES string of the molecule is CCOCc1ncc2ccc(-c3ncccc3Cl)cc2n1. The molecule has 0 spiro atoms. The molecule has 21 heavy (non-hydrogen) atoms. The highest BCUT2D eigenvalue weighted by atomic mass is 35.5. The summed E-state index contributed by atoms with van der Waals surface area (Å²) >= 11 is 6.19. The highest BCUT2D eigenvalue weighted by Crippen LogP contribution is 2.27. The molecule has 3 aromatic rings. The van der Waals surface area contributed by atoms with Gasteiger partial charge in [-0.3, -0.25) is 4.98 Å². The molecule has 0 aliphatic carbocycles. The van der Waals surface area contributed by atoms with Gasteiger partial charge in [0.25, 0.3) is 0 Å². The predicted molar refractivity (Wildman–Crippen MR) is 83.1 cm³/mol. The summed E-state index contributed by atoms with van der Waals surface area (Å²) in [5, 5.41) is 1.60. The van der Waals surface area contributed by atoms with Crippen molar-refractivity contribution in [3.05, 3.63) is 53.6 Å². The van der Waals surface area contributed by atoms with Gasteiger partial charge >= 0.3 is 0 Å². The van der Waals surface area contributed by atoms with Gasteiger partial charge in [-0.25, -0.2) is 9.97 Å². The lowest BCUT2D eigenvalue weighted by molar-refractivity contribution is 0.128. The molecule has 2 aromatic heterocycles. The maximum atomic E-state index is 6.19. The minimum Gasteiger partial charge on any atom is -0.374 e. The van der Waals surface area contributed by atoms with Gasteiger partial charge in [-0.1, -0.05) is 23.7 Å². The van der Waals surface area contributed by atoms with E-state index in [9.17, 15) is 0 Å². The Balaban J connectivity index is 2.04. The van der Waals surface area contributed by atoms with Crippen molar-refractivity contribution >= 4 is 22.5 Å². The van der Waals surface area contributed by atoms with Crippen LogP contribution in [0.2, 0.25) is 5.02 Å². The van der Waals surface area contributed by atoms with Gasteiger partial charge in [-0.05, 0) is 25.1 Å². The highest BCUT2D eigenvalue weighted by Gasteiger charge is 2.07. The Morgan fingerprint density at radius 1 is 1.19 bits per heavy atom. The number of rotatable bonds is 4. The van der Waals surface area contributed by atoms with Crippen molar-refractivity contribution in [1.29, 1.82) is 0 Å². The Labute approximate surface area is 127 Å². The van der Waals surface area contributed by atoms with Crippen molar-refractivity contribution in [3.8, 4) is 11.3 Å². The van der Waals surface area contributed by atoms with E-state index in [4.69, 9.17) is 16.3 Å². The number of ether oxygens (including phenoxy) is 1. The van der Waals surface area contributed by atoms with Gasteiger partial charge in [0.15, 0.2) is 5.82 Å². The zero-order valence-corrected chi connectivity index (χ0v) is 12.3. The van der Waals surface area contributed by atoms with Crippen LogP contribution in [0.4, 0.5) is 0 Å². The van der Waals surface area contributed by atoms with E-state index in [1.165, 1.54) is 0 Å². The molecule has 0 saturated heterocycles. The van der Waals surface area contributed by atoms with E-state index in [0.29, 0.717) is 24.1 Å². The van der Waals surface area contributed by atoms with Gasteiger partial charge in [0.2, 0.25) is 0 Å². The van der Waals surface area contributed by atoms with E-state index in [1.54, 1.807) is 12.4 Å². The number of aromatic nitrogens is 3. The van der Waals surface area contributed by atoms with Gasteiger partial charge in [0.05, 0.1) is 16.2 Å². The second kappa shape index (κ2) is 6.16. The summed E-state index contributed by atoms with van der Waals surface area (Å²) < 4.78 is 5.34. The normalized spacial score (nSPS) is 11.0. The molecule has 0 atom stereocenters. The molecule has 0 bridgehead atoms. The summed E-state index contributed by atoms with van der Waals surface area (Å²) in [6, 6.07) is 9.56. The van der Waals surface area contributed by atoms with Crippen LogP contribution >= 0.6 is 11.6 Å². The number of benzene rings is 1. The third kappa shape index (κ3) is 3.01. The summed E-state index contributed by atoms with van der Waals surface area (Å²) in [5.74, 6) is 0.675. The number of pyridine rings is 1. The number of hydrogen-bond donors (Lipinski definition) is 0. The van der Waals surface area contributed by atoms with E-state index >= 15 is 0 Å². The highest BCUT2D eigenvalue weighted by molar-refractivity contribution is 6.33. The van der Waals surface area contributed by atoms with Crippen molar-refractivity contribution < 1.29 is 4.74 Å². The topological polar surface area (TPSA) is 47.9 Å². The summed E-state index contributed by atoms with van der Waals surface area (Å²) in [7, 11) is 0. The molecular formula is C16H14ClN3O. The number of fused-ring (bicyclic) bond motifs is 1. The van der Waals surface area contributed by atoms with Crippen molar-refractivity contribution in [1.82, 2.24) is 15.0 Å². The van der Waals surface area contributed by atoms with Crippen LogP contribution in [0.15, 0.2) is 42.7 Å². The zero-order valence-electron chi connectivity index (χ0n) is 11.6. The van der Waals surface area contributed by atoms with Crippen molar-refractivity contribution in [2.45, 2.75) is 13.5 Å². The lowest BCUT2D eigenvalue weighted by Crippen LogP contribution is -1.99. The van der Waals surface area contributed by atoms with E-state index in [2.05, 4.69) is 15.0 Å². The van der Waals surface area contributed by atoms with Crippen LogP contribution in [0.1, 0.15) is 12.7 Å². The van der Waals surface area contributed by atoms with Gasteiger partial charge in [-0.2, -0.15) is 0 Å². The van der Waals surface area contributed by atoms with Gasteiger partial charge < -0.3 is 4.74 Å². The molecule has 5 heteroatoms. The molecule has 3 rings (SSSR count). The smallest absolute Gasteiger partial charge is 0.154 e. The summed E-state index contributed by atoms with van der Waals surface area (Å²) in [5.41, 5.74) is 2.55. The summed E-state index contributed by atoms with van der Waals surface area (Å²) in [6.07, 6.45) is 3.53. The van der Waals surface area contributed by atoms with Gasteiger partial charge in [0, 0.05) is 30.0 Å². The minimum absolute atomic E-state index is 0.418. The first-order valence-corrected chi connectivity index (χ1v) is 7.10. The first-order chi connectivity index (χ1) is 10.3. The van der Waals surface area contributed by atoms with Crippen LogP contribution in [0, 0.1) is 0 Å². The average Bonchev–Trinajstić information content (AvgIpc) is 2.52. The largest absolute Gasteiger partial charge is 0.374 e. The summed E-state index contributed by atoms with van der Waals surface area (Å²) in [6.45, 7) is 3.01. The van der Waals surface area contributed by atoms with Crippen LogP contribution in [0.3, 0.4) is 0 Å². The van der Waals surface area contributed by atoms with Crippen molar-refractivity contribution in [3.63, 3.8) is 0 Å². The Hall–Kier alpha value is -2.04.